The maximum absolute atomic E-state index is 11.3. The highest BCUT2D eigenvalue weighted by Crippen LogP contribution is 2.32. The van der Waals surface area contributed by atoms with Crippen LogP contribution in [0, 0.1) is 0 Å². The molecular weight excluding hydrogens is 266 g/mol. The second kappa shape index (κ2) is 7.94. The van der Waals surface area contributed by atoms with Crippen molar-refractivity contribution in [3.63, 3.8) is 0 Å². The summed E-state index contributed by atoms with van der Waals surface area (Å²) >= 11 is 0. The van der Waals surface area contributed by atoms with Gasteiger partial charge in [-0.3, -0.25) is 4.21 Å². The van der Waals surface area contributed by atoms with Gasteiger partial charge in [0.15, 0.2) is 0 Å². The van der Waals surface area contributed by atoms with Gasteiger partial charge in [-0.25, -0.2) is 0 Å². The number of nitrogens with one attached hydrogen (secondary N) is 1. The van der Waals surface area contributed by atoms with Gasteiger partial charge in [0.05, 0.1) is 0 Å². The van der Waals surface area contributed by atoms with Crippen molar-refractivity contribution >= 4 is 10.8 Å². The summed E-state index contributed by atoms with van der Waals surface area (Å²) in [5.74, 6) is 0.747. The van der Waals surface area contributed by atoms with Crippen LogP contribution in [0.1, 0.15) is 50.5 Å². The molecule has 1 aliphatic rings. The van der Waals surface area contributed by atoms with Crippen molar-refractivity contribution in [1.82, 2.24) is 5.32 Å². The number of rotatable bonds is 6. The molecule has 2 rings (SSSR count). The zero-order valence-electron chi connectivity index (χ0n) is 12.7. The van der Waals surface area contributed by atoms with E-state index in [0.29, 0.717) is 11.3 Å². The summed E-state index contributed by atoms with van der Waals surface area (Å²) in [6, 6.07) is 11.6. The van der Waals surface area contributed by atoms with Crippen LogP contribution < -0.4 is 5.32 Å². The van der Waals surface area contributed by atoms with Crippen LogP contribution in [0.15, 0.2) is 30.3 Å². The smallest absolute Gasteiger partial charge is 0.0329 e. The summed E-state index contributed by atoms with van der Waals surface area (Å²) in [6.07, 6.45) is 7.93. The molecule has 112 valence electrons. The van der Waals surface area contributed by atoms with Gasteiger partial charge in [-0.15, -0.1) is 0 Å². The van der Waals surface area contributed by atoms with Crippen molar-refractivity contribution in [1.29, 1.82) is 0 Å². The van der Waals surface area contributed by atoms with Crippen molar-refractivity contribution in [2.75, 3.05) is 12.8 Å². The average Bonchev–Trinajstić information content (AvgIpc) is 2.48. The fourth-order valence-electron chi connectivity index (χ4n) is 3.01. The molecule has 3 heteroatoms. The molecule has 2 unspecified atom stereocenters. The molecule has 0 heterocycles. The highest BCUT2D eigenvalue weighted by atomic mass is 32.2. The first-order valence-electron chi connectivity index (χ1n) is 7.77. The molecule has 0 radical (unpaired) electrons. The van der Waals surface area contributed by atoms with E-state index in [1.807, 2.05) is 0 Å². The zero-order chi connectivity index (χ0) is 14.4. The van der Waals surface area contributed by atoms with Crippen LogP contribution in [0.25, 0.3) is 0 Å². The molecule has 0 saturated heterocycles. The molecular formula is C17H27NOS. The molecule has 1 fully saturated rings. The molecule has 2 atom stereocenters. The molecule has 1 aliphatic carbocycles. The summed E-state index contributed by atoms with van der Waals surface area (Å²) in [7, 11) is -0.687. The summed E-state index contributed by atoms with van der Waals surface area (Å²) in [6.45, 7) is 3.07. The minimum Gasteiger partial charge on any atom is -0.314 e. The van der Waals surface area contributed by atoms with E-state index in [4.69, 9.17) is 0 Å². The summed E-state index contributed by atoms with van der Waals surface area (Å²) in [5, 5.41) is 3.95. The summed E-state index contributed by atoms with van der Waals surface area (Å²) < 4.78 is 11.3. The van der Waals surface area contributed by atoms with Gasteiger partial charge in [-0.1, -0.05) is 37.3 Å². The van der Waals surface area contributed by atoms with Gasteiger partial charge >= 0.3 is 0 Å². The second-order valence-corrected chi connectivity index (χ2v) is 7.81. The van der Waals surface area contributed by atoms with Crippen molar-refractivity contribution in [3.05, 3.63) is 35.9 Å². The quantitative estimate of drug-likeness (QED) is 0.870. The minimum atomic E-state index is -0.687. The fourth-order valence-corrected chi connectivity index (χ4v) is 3.46. The molecule has 2 nitrogen and oxygen atoms in total. The number of hydrogen-bond donors (Lipinski definition) is 1. The maximum Gasteiger partial charge on any atom is 0.0329 e. The van der Waals surface area contributed by atoms with Crippen LogP contribution in [0.4, 0.5) is 0 Å². The number of benzene rings is 1. The van der Waals surface area contributed by atoms with Crippen LogP contribution in [0.3, 0.4) is 0 Å². The zero-order valence-corrected chi connectivity index (χ0v) is 13.5. The molecule has 1 N–H and O–H groups in total. The molecule has 1 aromatic carbocycles. The van der Waals surface area contributed by atoms with Crippen molar-refractivity contribution in [3.8, 4) is 0 Å². The highest BCUT2D eigenvalue weighted by Gasteiger charge is 2.21. The Bertz CT molecular complexity index is 412. The molecule has 0 spiro atoms. The normalized spacial score (nSPS) is 26.1. The Morgan fingerprint density at radius 2 is 1.85 bits per heavy atom. The standard InChI is InChI=1S/C17H27NOS/c1-14(20(2)19)12-13-18-17-10-8-16(9-11-17)15-6-4-3-5-7-15/h3-7,14,16-18H,8-13H2,1-2H3. The lowest BCUT2D eigenvalue weighted by Crippen LogP contribution is -2.34. The van der Waals surface area contributed by atoms with Gasteiger partial charge in [0.2, 0.25) is 0 Å². The van der Waals surface area contributed by atoms with Gasteiger partial charge in [0.1, 0.15) is 0 Å². The lowest BCUT2D eigenvalue weighted by atomic mass is 9.82. The van der Waals surface area contributed by atoms with Gasteiger partial charge in [0, 0.05) is 28.3 Å². The van der Waals surface area contributed by atoms with Gasteiger partial charge < -0.3 is 5.32 Å². The lowest BCUT2D eigenvalue weighted by Gasteiger charge is -2.29. The Balaban J connectivity index is 1.68. The second-order valence-electron chi connectivity index (χ2n) is 6.01. The maximum atomic E-state index is 11.3. The topological polar surface area (TPSA) is 29.1 Å². The van der Waals surface area contributed by atoms with Gasteiger partial charge in [0.25, 0.3) is 0 Å². The molecule has 0 amide bonds. The van der Waals surface area contributed by atoms with Crippen molar-refractivity contribution in [2.24, 2.45) is 0 Å². The SMILES string of the molecule is CC(CCNC1CCC(c2ccccc2)CC1)S(C)=O. The monoisotopic (exact) mass is 293 g/mol. The Morgan fingerprint density at radius 3 is 2.45 bits per heavy atom. The molecule has 1 aromatic rings. The minimum absolute atomic E-state index is 0.308. The molecule has 20 heavy (non-hydrogen) atoms. The van der Waals surface area contributed by atoms with Gasteiger partial charge in [-0.05, 0) is 50.1 Å². The molecule has 1 saturated carbocycles. The van der Waals surface area contributed by atoms with Crippen molar-refractivity contribution in [2.45, 2.75) is 56.2 Å². The van der Waals surface area contributed by atoms with Crippen LogP contribution in [0.2, 0.25) is 0 Å². The third-order valence-corrected chi connectivity index (χ3v) is 5.92. The first-order chi connectivity index (χ1) is 9.66. The van der Waals surface area contributed by atoms with E-state index in [0.717, 1.165) is 18.9 Å². The molecule has 0 aliphatic heterocycles. The van der Waals surface area contributed by atoms with E-state index in [-0.39, 0.29) is 0 Å². The predicted octanol–water partition coefficient (Wildman–Crippen LogP) is 3.46. The first-order valence-corrected chi connectivity index (χ1v) is 9.39. The van der Waals surface area contributed by atoms with E-state index in [1.165, 1.54) is 31.2 Å². The average molecular weight is 293 g/mol. The third kappa shape index (κ3) is 4.71. The van der Waals surface area contributed by atoms with Gasteiger partial charge in [-0.2, -0.15) is 0 Å². The summed E-state index contributed by atoms with van der Waals surface area (Å²) in [4.78, 5) is 0. The highest BCUT2D eigenvalue weighted by molar-refractivity contribution is 7.84. The molecule has 0 aromatic heterocycles. The Kier molecular flexibility index (Phi) is 6.24. The van der Waals surface area contributed by atoms with E-state index >= 15 is 0 Å². The molecule has 0 bridgehead atoms. The van der Waals surface area contributed by atoms with E-state index in [1.54, 1.807) is 6.26 Å². The Morgan fingerprint density at radius 1 is 1.20 bits per heavy atom. The van der Waals surface area contributed by atoms with Crippen molar-refractivity contribution < 1.29 is 4.21 Å². The van der Waals surface area contributed by atoms with Crippen LogP contribution in [0.5, 0.6) is 0 Å². The van der Waals surface area contributed by atoms with E-state index in [2.05, 4.69) is 42.6 Å². The van der Waals surface area contributed by atoms with Crippen LogP contribution in [-0.2, 0) is 10.8 Å². The Labute approximate surface area is 125 Å². The van der Waals surface area contributed by atoms with Crippen LogP contribution >= 0.6 is 0 Å². The first kappa shape index (κ1) is 15.7. The third-order valence-electron chi connectivity index (χ3n) is 4.55. The van der Waals surface area contributed by atoms with Crippen LogP contribution in [-0.4, -0.2) is 28.3 Å². The number of hydrogen-bond acceptors (Lipinski definition) is 2. The predicted molar refractivity (Wildman–Crippen MR) is 87.6 cm³/mol. The lowest BCUT2D eigenvalue weighted by molar-refractivity contribution is 0.342. The van der Waals surface area contributed by atoms with E-state index in [9.17, 15) is 4.21 Å². The fraction of sp³-hybridized carbons (Fsp3) is 0.647. The van der Waals surface area contributed by atoms with E-state index < -0.39 is 10.8 Å². The largest absolute Gasteiger partial charge is 0.314 e. The Hall–Kier alpha value is -0.670. The summed E-state index contributed by atoms with van der Waals surface area (Å²) in [5.41, 5.74) is 1.50.